The van der Waals surface area contributed by atoms with Crippen LogP contribution >= 0.6 is 0 Å². The van der Waals surface area contributed by atoms with Crippen LogP contribution in [-0.2, 0) is 6.54 Å². The van der Waals surface area contributed by atoms with Gasteiger partial charge in [-0.05, 0) is 60.4 Å². The Labute approximate surface area is 190 Å². The summed E-state index contributed by atoms with van der Waals surface area (Å²) < 4.78 is 11.2. The molecule has 2 heterocycles. The fourth-order valence-corrected chi connectivity index (χ4v) is 5.13. The van der Waals surface area contributed by atoms with Crippen molar-refractivity contribution < 1.29 is 9.47 Å². The van der Waals surface area contributed by atoms with Crippen LogP contribution in [0.1, 0.15) is 39.9 Å². The van der Waals surface area contributed by atoms with Gasteiger partial charge < -0.3 is 14.4 Å². The summed E-state index contributed by atoms with van der Waals surface area (Å²) in [6.45, 7) is 6.10. The van der Waals surface area contributed by atoms with E-state index in [0.717, 1.165) is 24.6 Å². The van der Waals surface area contributed by atoms with Crippen LogP contribution in [0.3, 0.4) is 0 Å². The fraction of sp³-hybridized carbons (Fsp3) is 0.333. The Hall–Kier alpha value is -3.02. The summed E-state index contributed by atoms with van der Waals surface area (Å²) >= 11 is 0. The van der Waals surface area contributed by atoms with E-state index in [0.29, 0.717) is 5.92 Å². The predicted molar refractivity (Wildman–Crippen MR) is 128 cm³/mol. The van der Waals surface area contributed by atoms with Crippen molar-refractivity contribution in [3.8, 4) is 11.5 Å². The van der Waals surface area contributed by atoms with E-state index in [-0.39, 0.29) is 12.1 Å². The van der Waals surface area contributed by atoms with Gasteiger partial charge in [0.15, 0.2) is 0 Å². The first-order valence-electron chi connectivity index (χ1n) is 11.2. The van der Waals surface area contributed by atoms with Crippen LogP contribution in [0.4, 0.5) is 5.69 Å². The van der Waals surface area contributed by atoms with Gasteiger partial charge in [-0.3, -0.25) is 0 Å². The Kier molecular flexibility index (Phi) is 5.53. The third-order valence-electron chi connectivity index (χ3n) is 7.04. The smallest absolute Gasteiger partial charge is 0.123 e. The van der Waals surface area contributed by atoms with Gasteiger partial charge in [0.05, 0.1) is 26.3 Å². The summed E-state index contributed by atoms with van der Waals surface area (Å²) in [7, 11) is 3.47. The lowest BCUT2D eigenvalue weighted by Crippen LogP contribution is -2.39. The van der Waals surface area contributed by atoms with Crippen LogP contribution in [0, 0.1) is 19.8 Å². The molecule has 0 aliphatic carbocycles. The molecule has 0 aromatic heterocycles. The summed E-state index contributed by atoms with van der Waals surface area (Å²) in [5, 5.41) is 0. The van der Waals surface area contributed by atoms with Crippen molar-refractivity contribution in [2.24, 2.45) is 5.92 Å². The van der Waals surface area contributed by atoms with Crippen LogP contribution in [0.5, 0.6) is 11.5 Å². The van der Waals surface area contributed by atoms with Gasteiger partial charge in [0.2, 0.25) is 0 Å². The number of anilines is 1. The first-order valence-corrected chi connectivity index (χ1v) is 11.2. The molecule has 3 aromatic rings. The van der Waals surface area contributed by atoms with Crippen LogP contribution < -0.4 is 25.2 Å². The maximum Gasteiger partial charge on any atom is 0.123 e. The van der Waals surface area contributed by atoms with Gasteiger partial charge >= 0.3 is 0 Å². The molecule has 3 atom stereocenters. The van der Waals surface area contributed by atoms with Gasteiger partial charge in [-0.2, -0.15) is 0 Å². The number of hydrogen-bond acceptors (Lipinski definition) is 5. The summed E-state index contributed by atoms with van der Waals surface area (Å²) in [5.74, 6) is 2.20. The minimum atomic E-state index is 0.223. The number of benzene rings is 3. The Morgan fingerprint density at radius 2 is 1.69 bits per heavy atom. The van der Waals surface area contributed by atoms with E-state index in [9.17, 15) is 0 Å². The summed E-state index contributed by atoms with van der Waals surface area (Å²) in [6.07, 6.45) is 0. The van der Waals surface area contributed by atoms with Gasteiger partial charge in [-0.25, -0.2) is 10.9 Å². The molecule has 3 unspecified atom stereocenters. The zero-order chi connectivity index (χ0) is 22.2. The molecule has 2 N–H and O–H groups in total. The van der Waals surface area contributed by atoms with Crippen molar-refractivity contribution in [1.29, 1.82) is 0 Å². The average molecular weight is 430 g/mol. The molecule has 0 radical (unpaired) electrons. The number of methoxy groups -OCH3 is 2. The SMILES string of the molecule is COc1ccc2c(c1)C1NNC(c3ccc(C)c(C)c3)C1CN2Cc1ccccc1OC. The van der Waals surface area contributed by atoms with Crippen LogP contribution in [0.2, 0.25) is 0 Å². The van der Waals surface area contributed by atoms with E-state index in [1.807, 2.05) is 12.1 Å². The number of hydrogen-bond donors (Lipinski definition) is 2. The minimum Gasteiger partial charge on any atom is -0.497 e. The highest BCUT2D eigenvalue weighted by atomic mass is 16.5. The molecule has 2 aliphatic heterocycles. The van der Waals surface area contributed by atoms with E-state index in [2.05, 4.69) is 78.1 Å². The highest BCUT2D eigenvalue weighted by Gasteiger charge is 2.43. The standard InChI is InChI=1S/C27H31N3O2/c1-17-9-10-19(13-18(17)2)26-23-16-30(15-20-7-5-6-8-25(20)32-4)24-12-11-21(31-3)14-22(24)27(23)29-28-26/h5-14,23,26-29H,15-16H2,1-4H3. The molecule has 1 fully saturated rings. The topological polar surface area (TPSA) is 45.8 Å². The number of para-hydroxylation sites is 1. The van der Waals surface area contributed by atoms with E-state index in [4.69, 9.17) is 9.47 Å². The Bertz CT molecular complexity index is 1130. The summed E-state index contributed by atoms with van der Waals surface area (Å²) in [4.78, 5) is 2.48. The number of nitrogens with one attached hydrogen (secondary N) is 2. The lowest BCUT2D eigenvalue weighted by molar-refractivity contribution is 0.388. The first kappa shape index (κ1) is 20.9. The largest absolute Gasteiger partial charge is 0.497 e. The Balaban J connectivity index is 1.54. The van der Waals surface area contributed by atoms with E-state index < -0.39 is 0 Å². The zero-order valence-electron chi connectivity index (χ0n) is 19.2. The highest BCUT2D eigenvalue weighted by molar-refractivity contribution is 5.61. The van der Waals surface area contributed by atoms with E-state index >= 15 is 0 Å². The van der Waals surface area contributed by atoms with Gasteiger partial charge in [-0.15, -0.1) is 0 Å². The molecule has 2 aliphatic rings. The van der Waals surface area contributed by atoms with E-state index in [1.54, 1.807) is 14.2 Å². The molecule has 32 heavy (non-hydrogen) atoms. The van der Waals surface area contributed by atoms with E-state index in [1.165, 1.54) is 33.5 Å². The molecular formula is C27H31N3O2. The molecule has 3 aromatic carbocycles. The van der Waals surface area contributed by atoms with Crippen molar-refractivity contribution >= 4 is 5.69 Å². The number of aryl methyl sites for hydroxylation is 2. The quantitative estimate of drug-likeness (QED) is 0.607. The lowest BCUT2D eigenvalue weighted by atomic mass is 9.81. The van der Waals surface area contributed by atoms with Crippen LogP contribution in [-0.4, -0.2) is 20.8 Å². The normalized spacial score (nSPS) is 21.8. The molecule has 0 saturated carbocycles. The summed E-state index contributed by atoms with van der Waals surface area (Å²) in [6, 6.07) is 22.0. The van der Waals surface area contributed by atoms with Crippen LogP contribution in [0.15, 0.2) is 60.7 Å². The number of ether oxygens (including phenoxy) is 2. The molecule has 5 rings (SSSR count). The van der Waals surface area contributed by atoms with Crippen LogP contribution in [0.25, 0.3) is 0 Å². The molecule has 0 bridgehead atoms. The summed E-state index contributed by atoms with van der Waals surface area (Å²) in [5.41, 5.74) is 14.9. The maximum atomic E-state index is 5.64. The molecule has 0 amide bonds. The van der Waals surface area contributed by atoms with Crippen molar-refractivity contribution in [3.63, 3.8) is 0 Å². The zero-order valence-corrected chi connectivity index (χ0v) is 19.2. The van der Waals surface area contributed by atoms with Gasteiger partial charge in [-0.1, -0.05) is 36.4 Å². The molecular weight excluding hydrogens is 398 g/mol. The Morgan fingerprint density at radius 1 is 0.875 bits per heavy atom. The predicted octanol–water partition coefficient (Wildman–Crippen LogP) is 4.85. The van der Waals surface area contributed by atoms with Crippen molar-refractivity contribution in [2.45, 2.75) is 32.5 Å². The molecule has 1 saturated heterocycles. The van der Waals surface area contributed by atoms with Gasteiger partial charge in [0.25, 0.3) is 0 Å². The number of nitrogens with zero attached hydrogens (tertiary/aromatic N) is 1. The highest BCUT2D eigenvalue weighted by Crippen LogP contribution is 2.47. The number of rotatable bonds is 5. The monoisotopic (exact) mass is 429 g/mol. The Morgan fingerprint density at radius 3 is 2.47 bits per heavy atom. The average Bonchev–Trinajstić information content (AvgIpc) is 3.25. The van der Waals surface area contributed by atoms with Gasteiger partial charge in [0.1, 0.15) is 11.5 Å². The minimum absolute atomic E-state index is 0.223. The van der Waals surface area contributed by atoms with Crippen molar-refractivity contribution in [3.05, 3.63) is 88.5 Å². The van der Waals surface area contributed by atoms with Gasteiger partial charge in [0, 0.05) is 30.3 Å². The second-order valence-corrected chi connectivity index (χ2v) is 8.87. The fourth-order valence-electron chi connectivity index (χ4n) is 5.13. The second kappa shape index (κ2) is 8.49. The third-order valence-corrected chi connectivity index (χ3v) is 7.04. The molecule has 5 nitrogen and oxygen atoms in total. The second-order valence-electron chi connectivity index (χ2n) is 8.87. The molecule has 166 valence electrons. The number of fused-ring (bicyclic) bond motifs is 3. The maximum absolute atomic E-state index is 5.64. The molecule has 0 spiro atoms. The van der Waals surface area contributed by atoms with Crippen molar-refractivity contribution in [1.82, 2.24) is 10.9 Å². The molecule has 5 heteroatoms. The number of hydrazine groups is 1. The lowest BCUT2D eigenvalue weighted by Gasteiger charge is -2.39. The third kappa shape index (κ3) is 3.61. The van der Waals surface area contributed by atoms with Crippen molar-refractivity contribution in [2.75, 3.05) is 25.7 Å². The first-order chi connectivity index (χ1) is 15.6.